The summed E-state index contributed by atoms with van der Waals surface area (Å²) in [5, 5.41) is 11.6. The molecule has 2 aliphatic heterocycles. The molecule has 0 saturated carbocycles. The van der Waals surface area contributed by atoms with Crippen LogP contribution in [-0.2, 0) is 14.4 Å². The number of carboxylic acids is 1. The summed E-state index contributed by atoms with van der Waals surface area (Å²) in [5.74, 6) is -0.825. The van der Waals surface area contributed by atoms with Gasteiger partial charge in [-0.05, 0) is 42.8 Å². The molecule has 0 radical (unpaired) electrons. The molecule has 32 heavy (non-hydrogen) atoms. The van der Waals surface area contributed by atoms with Gasteiger partial charge in [-0.15, -0.1) is 11.8 Å². The van der Waals surface area contributed by atoms with Gasteiger partial charge in [0.15, 0.2) is 0 Å². The fraction of sp³-hybridized carbons (Fsp3) is 0.273. The van der Waals surface area contributed by atoms with Crippen LogP contribution in [-0.4, -0.2) is 64.0 Å². The third-order valence-electron chi connectivity index (χ3n) is 5.23. The smallest absolute Gasteiger partial charge is 0.329 e. The van der Waals surface area contributed by atoms with Crippen LogP contribution in [0.4, 0.5) is 10.5 Å². The monoisotopic (exact) mass is 455 g/mol. The van der Waals surface area contributed by atoms with E-state index in [0.29, 0.717) is 30.2 Å². The van der Waals surface area contributed by atoms with Crippen LogP contribution in [0.3, 0.4) is 0 Å². The number of benzene rings is 2. The summed E-state index contributed by atoms with van der Waals surface area (Å²) < 4.78 is 5.75. The number of nitrogens with zero attached hydrogens (tertiary/aromatic N) is 2. The van der Waals surface area contributed by atoms with Crippen LogP contribution in [0.15, 0.2) is 54.6 Å². The van der Waals surface area contributed by atoms with Crippen LogP contribution in [0.5, 0.6) is 11.5 Å². The number of fused-ring (bicyclic) bond motifs is 1. The van der Waals surface area contributed by atoms with Crippen molar-refractivity contribution in [3.8, 4) is 11.5 Å². The summed E-state index contributed by atoms with van der Waals surface area (Å²) in [7, 11) is 0. The zero-order valence-corrected chi connectivity index (χ0v) is 17.8. The number of thioether (sulfide) groups is 1. The largest absolute Gasteiger partial charge is 0.481 e. The molecule has 0 bridgehead atoms. The third-order valence-corrected chi connectivity index (χ3v) is 6.13. The van der Waals surface area contributed by atoms with Crippen LogP contribution in [0.25, 0.3) is 0 Å². The van der Waals surface area contributed by atoms with E-state index in [2.05, 4.69) is 5.32 Å². The average molecular weight is 455 g/mol. The fourth-order valence-corrected chi connectivity index (χ4v) is 4.44. The molecule has 2 aromatic carbocycles. The van der Waals surface area contributed by atoms with Crippen molar-refractivity contribution >= 4 is 41.3 Å². The Kier molecular flexibility index (Phi) is 6.31. The summed E-state index contributed by atoms with van der Waals surface area (Å²) in [6.07, 6.45) is 0.467. The summed E-state index contributed by atoms with van der Waals surface area (Å²) in [6.45, 7) is 0.325. The molecule has 10 heteroatoms. The number of ether oxygens (including phenoxy) is 1. The second kappa shape index (κ2) is 9.31. The van der Waals surface area contributed by atoms with E-state index in [4.69, 9.17) is 9.84 Å². The minimum absolute atomic E-state index is 0.0394. The number of urea groups is 1. The molecule has 2 fully saturated rings. The number of hydrogen-bond acceptors (Lipinski definition) is 6. The highest BCUT2D eigenvalue weighted by Gasteiger charge is 2.49. The van der Waals surface area contributed by atoms with Gasteiger partial charge in [-0.2, -0.15) is 0 Å². The van der Waals surface area contributed by atoms with E-state index >= 15 is 0 Å². The Hall–Kier alpha value is -3.53. The second-order valence-electron chi connectivity index (χ2n) is 7.35. The van der Waals surface area contributed by atoms with Crippen molar-refractivity contribution in [2.75, 3.05) is 23.0 Å². The molecule has 2 aliphatic rings. The molecule has 2 saturated heterocycles. The van der Waals surface area contributed by atoms with Crippen LogP contribution < -0.4 is 15.0 Å². The van der Waals surface area contributed by atoms with Gasteiger partial charge in [-0.3, -0.25) is 14.4 Å². The molecule has 4 amide bonds. The Morgan fingerprint density at radius 2 is 1.72 bits per heavy atom. The van der Waals surface area contributed by atoms with Gasteiger partial charge < -0.3 is 20.1 Å². The first kappa shape index (κ1) is 21.7. The standard InChI is InChI=1S/C22H21N3O6S/c26-18(12-32-13-19(27)28)24-11-10-17-20(24)21(29)25(22(30)23-17)14-6-8-16(9-7-14)31-15-4-2-1-3-5-15/h1-9,17,20H,10-13H2,(H,23,30)(H,27,28)/t17-,20-/m1/s1. The van der Waals surface area contributed by atoms with Gasteiger partial charge in [0.1, 0.15) is 17.5 Å². The molecule has 2 heterocycles. The molecule has 0 spiro atoms. The molecule has 0 aromatic heterocycles. The van der Waals surface area contributed by atoms with Gasteiger partial charge in [0.05, 0.1) is 23.2 Å². The van der Waals surface area contributed by atoms with Gasteiger partial charge >= 0.3 is 12.0 Å². The number of likely N-dealkylation sites (tertiary alicyclic amines) is 1. The number of carbonyl (C=O) groups excluding carboxylic acids is 3. The molecule has 2 aromatic rings. The van der Waals surface area contributed by atoms with Crippen LogP contribution in [0.2, 0.25) is 0 Å². The van der Waals surface area contributed by atoms with Crippen molar-refractivity contribution in [3.63, 3.8) is 0 Å². The first-order valence-electron chi connectivity index (χ1n) is 10.0. The number of anilines is 1. The predicted octanol–water partition coefficient (Wildman–Crippen LogP) is 2.32. The molecule has 166 valence electrons. The number of carbonyl (C=O) groups is 4. The highest BCUT2D eigenvalue weighted by atomic mass is 32.2. The van der Waals surface area contributed by atoms with E-state index < -0.39 is 30.0 Å². The highest BCUT2D eigenvalue weighted by Crippen LogP contribution is 2.30. The Bertz CT molecular complexity index is 1030. The predicted molar refractivity (Wildman–Crippen MR) is 118 cm³/mol. The zero-order chi connectivity index (χ0) is 22.7. The lowest BCUT2D eigenvalue weighted by molar-refractivity contribution is -0.136. The van der Waals surface area contributed by atoms with E-state index in [1.807, 2.05) is 30.3 Å². The number of aliphatic carboxylic acids is 1. The Morgan fingerprint density at radius 3 is 2.41 bits per heavy atom. The molecule has 0 unspecified atom stereocenters. The van der Waals surface area contributed by atoms with Gasteiger partial charge in [-0.25, -0.2) is 9.69 Å². The second-order valence-corrected chi connectivity index (χ2v) is 8.33. The fourth-order valence-electron chi connectivity index (χ4n) is 3.83. The van der Waals surface area contributed by atoms with E-state index in [9.17, 15) is 19.2 Å². The SMILES string of the molecule is O=C(O)CSCC(=O)N1CC[C@H]2NC(=O)N(c3ccc(Oc4ccccc4)cc3)C(=O)[C@@H]21. The average Bonchev–Trinajstić information content (AvgIpc) is 3.19. The van der Waals surface area contributed by atoms with Crippen molar-refractivity contribution in [1.29, 1.82) is 0 Å². The van der Waals surface area contributed by atoms with Gasteiger partial charge in [-0.1, -0.05) is 18.2 Å². The number of rotatable bonds is 7. The Morgan fingerprint density at radius 1 is 1.03 bits per heavy atom. The van der Waals surface area contributed by atoms with Crippen molar-refractivity contribution in [3.05, 3.63) is 54.6 Å². The maximum absolute atomic E-state index is 13.2. The number of para-hydroxylation sites is 1. The zero-order valence-electron chi connectivity index (χ0n) is 17.0. The van der Waals surface area contributed by atoms with Gasteiger partial charge in [0.25, 0.3) is 5.91 Å². The highest BCUT2D eigenvalue weighted by molar-refractivity contribution is 8.00. The molecule has 2 atom stereocenters. The number of hydrogen-bond donors (Lipinski definition) is 2. The molecular formula is C22H21N3O6S. The van der Waals surface area contributed by atoms with Gasteiger partial charge in [0.2, 0.25) is 5.91 Å². The lowest BCUT2D eigenvalue weighted by atomic mass is 10.0. The number of imide groups is 1. The maximum Gasteiger partial charge on any atom is 0.329 e. The summed E-state index contributed by atoms with van der Waals surface area (Å²) in [4.78, 5) is 51.6. The lowest BCUT2D eigenvalue weighted by Gasteiger charge is -2.36. The van der Waals surface area contributed by atoms with Crippen LogP contribution in [0.1, 0.15) is 6.42 Å². The van der Waals surface area contributed by atoms with Crippen LogP contribution in [0, 0.1) is 0 Å². The summed E-state index contributed by atoms with van der Waals surface area (Å²) >= 11 is 0.980. The molecular weight excluding hydrogens is 434 g/mol. The third kappa shape index (κ3) is 4.54. The molecule has 2 N–H and O–H groups in total. The van der Waals surface area contributed by atoms with E-state index in [-0.39, 0.29) is 17.4 Å². The molecule has 0 aliphatic carbocycles. The Labute approximate surface area is 188 Å². The first-order chi connectivity index (χ1) is 15.4. The van der Waals surface area contributed by atoms with Crippen LogP contribution >= 0.6 is 11.8 Å². The number of carboxylic acid groups (broad SMARTS) is 1. The van der Waals surface area contributed by atoms with Crippen molar-refractivity contribution in [2.45, 2.75) is 18.5 Å². The number of amides is 4. The molecule has 4 rings (SSSR count). The summed E-state index contributed by atoms with van der Waals surface area (Å²) in [6, 6.07) is 14.0. The van der Waals surface area contributed by atoms with E-state index in [1.165, 1.54) is 4.90 Å². The first-order valence-corrected chi connectivity index (χ1v) is 11.2. The Balaban J connectivity index is 1.47. The quantitative estimate of drug-likeness (QED) is 0.658. The van der Waals surface area contributed by atoms with Gasteiger partial charge in [0, 0.05) is 6.54 Å². The lowest BCUT2D eigenvalue weighted by Crippen LogP contribution is -2.65. The van der Waals surface area contributed by atoms with E-state index in [0.717, 1.165) is 16.7 Å². The normalized spacial score (nSPS) is 20.0. The van der Waals surface area contributed by atoms with Crippen molar-refractivity contribution < 1.29 is 29.0 Å². The van der Waals surface area contributed by atoms with Crippen molar-refractivity contribution in [2.24, 2.45) is 0 Å². The molecule has 9 nitrogen and oxygen atoms in total. The van der Waals surface area contributed by atoms with E-state index in [1.54, 1.807) is 24.3 Å². The number of nitrogens with one attached hydrogen (secondary N) is 1. The minimum Gasteiger partial charge on any atom is -0.481 e. The summed E-state index contributed by atoms with van der Waals surface area (Å²) in [5.41, 5.74) is 0.367. The van der Waals surface area contributed by atoms with Crippen molar-refractivity contribution in [1.82, 2.24) is 10.2 Å². The topological polar surface area (TPSA) is 116 Å². The maximum atomic E-state index is 13.2. The minimum atomic E-state index is -1.01.